The van der Waals surface area contributed by atoms with Crippen molar-refractivity contribution in [3.63, 3.8) is 0 Å². The second-order valence-corrected chi connectivity index (χ2v) is 11.7. The molecule has 0 saturated heterocycles. The smallest absolute Gasteiger partial charge is 0.0622 e. The maximum absolute atomic E-state index is 2.46. The van der Waals surface area contributed by atoms with E-state index >= 15 is 0 Å². The van der Waals surface area contributed by atoms with E-state index in [0.29, 0.717) is 0 Å². The summed E-state index contributed by atoms with van der Waals surface area (Å²) in [5, 5.41) is 0. The minimum absolute atomic E-state index is 0.0321. The maximum Gasteiger partial charge on any atom is 0.0713 e. The first-order valence-corrected chi connectivity index (χ1v) is 14.2. The van der Waals surface area contributed by atoms with Crippen molar-refractivity contribution in [1.29, 1.82) is 0 Å². The van der Waals surface area contributed by atoms with Crippen LogP contribution in [0.2, 0.25) is 0 Å². The summed E-state index contributed by atoms with van der Waals surface area (Å²) in [6.07, 6.45) is 0. The summed E-state index contributed by atoms with van der Waals surface area (Å²) >= 11 is 0. The number of hydrogen-bond donors (Lipinski definition) is 0. The quantitative estimate of drug-likeness (QED) is 0.222. The molecule has 0 saturated carbocycles. The third-order valence-corrected chi connectivity index (χ3v) is 9.38. The van der Waals surface area contributed by atoms with Crippen LogP contribution in [0.15, 0.2) is 146 Å². The Morgan fingerprint density at radius 3 is 1.60 bits per heavy atom. The average molecular weight is 511 g/mol. The van der Waals surface area contributed by atoms with Gasteiger partial charge in [-0.3, -0.25) is 0 Å². The lowest BCUT2D eigenvalue weighted by molar-refractivity contribution is 0.660. The Morgan fingerprint density at radius 1 is 0.375 bits per heavy atom. The molecule has 0 N–H and O–H groups in total. The molecule has 40 heavy (non-hydrogen) atoms. The van der Waals surface area contributed by atoms with Crippen LogP contribution in [-0.2, 0) is 10.8 Å². The van der Waals surface area contributed by atoms with Crippen molar-refractivity contribution in [1.82, 2.24) is 0 Å². The van der Waals surface area contributed by atoms with Crippen molar-refractivity contribution in [2.45, 2.75) is 24.7 Å². The SMILES string of the molecule is CC1(C)c2ccccc2-c2ccc(-c3cccc4c3-c3ccccc3C4(c3ccccc3)c3ccccc3)cc21. The van der Waals surface area contributed by atoms with Crippen LogP contribution in [-0.4, -0.2) is 0 Å². The van der Waals surface area contributed by atoms with Gasteiger partial charge in [0, 0.05) is 5.41 Å². The first kappa shape index (κ1) is 23.2. The molecule has 8 rings (SSSR count). The summed E-state index contributed by atoms with van der Waals surface area (Å²) in [6.45, 7) is 4.73. The van der Waals surface area contributed by atoms with Gasteiger partial charge in [0.25, 0.3) is 0 Å². The topological polar surface area (TPSA) is 0 Å². The summed E-state index contributed by atoms with van der Waals surface area (Å²) in [7, 11) is 0. The van der Waals surface area contributed by atoms with Crippen LogP contribution >= 0.6 is 0 Å². The number of benzene rings is 6. The lowest BCUT2D eigenvalue weighted by atomic mass is 9.67. The molecule has 190 valence electrons. The van der Waals surface area contributed by atoms with Crippen LogP contribution in [0.4, 0.5) is 0 Å². The van der Waals surface area contributed by atoms with E-state index in [4.69, 9.17) is 0 Å². The number of rotatable bonds is 3. The highest BCUT2D eigenvalue weighted by molar-refractivity contribution is 5.96. The van der Waals surface area contributed by atoms with E-state index in [9.17, 15) is 0 Å². The van der Waals surface area contributed by atoms with Gasteiger partial charge in [0.15, 0.2) is 0 Å². The highest BCUT2D eigenvalue weighted by atomic mass is 14.5. The Balaban J connectivity index is 1.43. The van der Waals surface area contributed by atoms with Gasteiger partial charge in [-0.1, -0.05) is 153 Å². The van der Waals surface area contributed by atoms with Gasteiger partial charge in [-0.05, 0) is 72.8 Å². The van der Waals surface area contributed by atoms with E-state index in [-0.39, 0.29) is 10.8 Å². The first-order valence-electron chi connectivity index (χ1n) is 14.2. The van der Waals surface area contributed by atoms with Crippen LogP contribution in [0, 0.1) is 0 Å². The molecule has 0 aliphatic heterocycles. The Labute approximate surface area is 236 Å². The molecule has 0 radical (unpaired) electrons. The van der Waals surface area contributed by atoms with Crippen LogP contribution in [0.1, 0.15) is 47.2 Å². The maximum atomic E-state index is 2.46. The fourth-order valence-corrected chi connectivity index (χ4v) is 7.61. The molecule has 0 heterocycles. The van der Waals surface area contributed by atoms with Crippen LogP contribution in [0.5, 0.6) is 0 Å². The fraction of sp³-hybridized carbons (Fsp3) is 0.100. The van der Waals surface area contributed by atoms with Gasteiger partial charge in [-0.15, -0.1) is 0 Å². The molecule has 0 aromatic heterocycles. The molecule has 0 bridgehead atoms. The zero-order chi connectivity index (χ0) is 26.9. The van der Waals surface area contributed by atoms with Crippen molar-refractivity contribution < 1.29 is 0 Å². The van der Waals surface area contributed by atoms with Crippen molar-refractivity contribution in [3.8, 4) is 33.4 Å². The predicted octanol–water partition coefficient (Wildman–Crippen LogP) is 10.0. The molecule has 0 heteroatoms. The van der Waals surface area contributed by atoms with Gasteiger partial charge >= 0.3 is 0 Å². The molecule has 6 aromatic carbocycles. The molecule has 0 atom stereocenters. The summed E-state index contributed by atoms with van der Waals surface area (Å²) < 4.78 is 0. The molecule has 0 amide bonds. The normalized spacial score (nSPS) is 15.2. The van der Waals surface area contributed by atoms with E-state index in [1.807, 2.05) is 0 Å². The van der Waals surface area contributed by atoms with E-state index in [1.54, 1.807) is 0 Å². The molecule has 2 aliphatic rings. The van der Waals surface area contributed by atoms with Gasteiger partial charge in [-0.2, -0.15) is 0 Å². The Hall–Kier alpha value is -4.68. The van der Waals surface area contributed by atoms with Gasteiger partial charge in [0.2, 0.25) is 0 Å². The standard InChI is InChI=1S/C40H30/c1-39(2)34-21-11-9-18-31(34)32-25-24-27(26-37(32)39)30-20-13-23-36-38(30)33-19-10-12-22-35(33)40(36,28-14-5-3-6-15-28)29-16-7-4-8-17-29/h3-26H,1-2H3. The van der Waals surface area contributed by atoms with Crippen molar-refractivity contribution in [2.75, 3.05) is 0 Å². The molecule has 0 unspecified atom stereocenters. The summed E-state index contributed by atoms with van der Waals surface area (Å²) in [6, 6.07) is 54.1. The monoisotopic (exact) mass is 510 g/mol. The molecule has 6 aromatic rings. The second kappa shape index (κ2) is 8.41. The van der Waals surface area contributed by atoms with Crippen molar-refractivity contribution in [2.24, 2.45) is 0 Å². The summed E-state index contributed by atoms with van der Waals surface area (Å²) in [5.74, 6) is 0. The lowest BCUT2D eigenvalue weighted by Crippen LogP contribution is -2.28. The van der Waals surface area contributed by atoms with Crippen LogP contribution in [0.25, 0.3) is 33.4 Å². The van der Waals surface area contributed by atoms with Crippen molar-refractivity contribution >= 4 is 0 Å². The average Bonchev–Trinajstić information content (AvgIpc) is 3.45. The lowest BCUT2D eigenvalue weighted by Gasteiger charge is -2.34. The Bertz CT molecular complexity index is 1870. The Morgan fingerprint density at radius 2 is 0.900 bits per heavy atom. The second-order valence-electron chi connectivity index (χ2n) is 11.7. The Kier molecular flexibility index (Phi) is 4.88. The van der Waals surface area contributed by atoms with Crippen LogP contribution in [0.3, 0.4) is 0 Å². The molecule has 0 fully saturated rings. The minimum Gasteiger partial charge on any atom is -0.0622 e. The van der Waals surface area contributed by atoms with E-state index in [2.05, 4.69) is 159 Å². The van der Waals surface area contributed by atoms with Gasteiger partial charge in [-0.25, -0.2) is 0 Å². The zero-order valence-electron chi connectivity index (χ0n) is 22.9. The highest BCUT2D eigenvalue weighted by Crippen LogP contribution is 2.58. The van der Waals surface area contributed by atoms with Crippen molar-refractivity contribution in [3.05, 3.63) is 179 Å². The first-order chi connectivity index (χ1) is 19.6. The van der Waals surface area contributed by atoms with Gasteiger partial charge in [0.05, 0.1) is 5.41 Å². The largest absolute Gasteiger partial charge is 0.0713 e. The minimum atomic E-state index is -0.378. The zero-order valence-corrected chi connectivity index (χ0v) is 22.9. The number of hydrogen-bond acceptors (Lipinski definition) is 0. The molecule has 0 spiro atoms. The van der Waals surface area contributed by atoms with E-state index in [1.165, 1.54) is 66.8 Å². The summed E-state index contributed by atoms with van der Waals surface area (Å²) in [4.78, 5) is 0. The molecular weight excluding hydrogens is 480 g/mol. The van der Waals surface area contributed by atoms with E-state index < -0.39 is 0 Å². The van der Waals surface area contributed by atoms with Gasteiger partial charge < -0.3 is 0 Å². The predicted molar refractivity (Wildman–Crippen MR) is 167 cm³/mol. The van der Waals surface area contributed by atoms with Crippen LogP contribution < -0.4 is 0 Å². The third-order valence-electron chi connectivity index (χ3n) is 9.38. The third kappa shape index (κ3) is 2.97. The highest BCUT2D eigenvalue weighted by Gasteiger charge is 2.46. The summed E-state index contributed by atoms with van der Waals surface area (Å²) in [5.41, 5.74) is 15.7. The molecule has 2 aliphatic carbocycles. The fourth-order valence-electron chi connectivity index (χ4n) is 7.61. The molecular formula is C40H30. The van der Waals surface area contributed by atoms with E-state index in [0.717, 1.165) is 0 Å². The van der Waals surface area contributed by atoms with Gasteiger partial charge in [0.1, 0.15) is 0 Å². The number of fused-ring (bicyclic) bond motifs is 6. The molecule has 0 nitrogen and oxygen atoms in total.